The highest BCUT2D eigenvalue weighted by molar-refractivity contribution is 7.92. The standard InChI is InChI=1S/C29H34N2O4S/c1-5-29(6-2)19-25(24-14-10-11-15-27(24)35-29)30-28(32)20-31(26-17-16-21(3)18-22(26)4)36(33,34)23-12-8-7-9-13-23/h7-18,25H,5-6,19-20H2,1-4H3,(H,30,32)/t25-/m0/s1. The van der Waals surface area contributed by atoms with Crippen LogP contribution < -0.4 is 14.4 Å². The Kier molecular flexibility index (Phi) is 7.41. The molecule has 0 radical (unpaired) electrons. The van der Waals surface area contributed by atoms with Crippen LogP contribution in [0, 0.1) is 13.8 Å². The summed E-state index contributed by atoms with van der Waals surface area (Å²) in [5.74, 6) is 0.401. The van der Waals surface area contributed by atoms with E-state index < -0.39 is 10.0 Å². The number of nitrogens with zero attached hydrogens (tertiary/aromatic N) is 1. The van der Waals surface area contributed by atoms with E-state index in [1.165, 1.54) is 4.31 Å². The fourth-order valence-electron chi connectivity index (χ4n) is 4.90. The molecule has 1 aliphatic rings. The van der Waals surface area contributed by atoms with Crippen molar-refractivity contribution in [2.45, 2.75) is 63.5 Å². The van der Waals surface area contributed by atoms with Gasteiger partial charge in [-0.25, -0.2) is 8.42 Å². The minimum absolute atomic E-state index is 0.144. The zero-order chi connectivity index (χ0) is 25.9. The highest BCUT2D eigenvalue weighted by Crippen LogP contribution is 2.42. The van der Waals surface area contributed by atoms with Gasteiger partial charge in [0.05, 0.1) is 16.6 Å². The molecule has 3 aromatic carbocycles. The normalized spacial score (nSPS) is 16.5. The molecule has 3 aromatic rings. The number of rotatable bonds is 8. The minimum atomic E-state index is -3.97. The SMILES string of the molecule is CCC1(CC)C[C@H](NC(=O)CN(c2ccc(C)cc2C)S(=O)(=O)c2ccccc2)c2ccccc2O1. The van der Waals surface area contributed by atoms with Crippen molar-refractivity contribution in [2.75, 3.05) is 10.8 Å². The predicted molar refractivity (Wildman–Crippen MR) is 143 cm³/mol. The fraction of sp³-hybridized carbons (Fsp3) is 0.345. The second kappa shape index (κ2) is 10.3. The molecule has 0 unspecified atom stereocenters. The molecule has 0 spiro atoms. The van der Waals surface area contributed by atoms with Crippen LogP contribution in [-0.2, 0) is 14.8 Å². The largest absolute Gasteiger partial charge is 0.487 e. The van der Waals surface area contributed by atoms with Gasteiger partial charge < -0.3 is 10.1 Å². The summed E-state index contributed by atoms with van der Waals surface area (Å²) in [6.45, 7) is 7.66. The quantitative estimate of drug-likeness (QED) is 0.425. The first kappa shape index (κ1) is 25.8. The summed E-state index contributed by atoms with van der Waals surface area (Å²) in [6, 6.07) is 21.2. The summed E-state index contributed by atoms with van der Waals surface area (Å²) < 4.78 is 35.0. The molecule has 1 amide bonds. The lowest BCUT2D eigenvalue weighted by molar-refractivity contribution is -0.121. The van der Waals surface area contributed by atoms with Gasteiger partial charge in [0, 0.05) is 12.0 Å². The molecule has 1 heterocycles. The van der Waals surface area contributed by atoms with Crippen LogP contribution in [0.3, 0.4) is 0 Å². The van der Waals surface area contributed by atoms with Crippen molar-refractivity contribution in [2.24, 2.45) is 0 Å². The highest BCUT2D eigenvalue weighted by atomic mass is 32.2. The number of nitrogens with one attached hydrogen (secondary N) is 1. The number of carbonyl (C=O) groups excluding carboxylic acids is 1. The summed E-state index contributed by atoms with van der Waals surface area (Å²) in [5, 5.41) is 3.13. The average molecular weight is 507 g/mol. The molecule has 7 heteroatoms. The Morgan fingerprint density at radius 2 is 1.67 bits per heavy atom. The summed E-state index contributed by atoms with van der Waals surface area (Å²) in [5.41, 5.74) is 2.83. The summed E-state index contributed by atoms with van der Waals surface area (Å²) in [7, 11) is -3.97. The van der Waals surface area contributed by atoms with E-state index in [2.05, 4.69) is 19.2 Å². The maximum atomic E-state index is 13.7. The maximum absolute atomic E-state index is 13.7. The van der Waals surface area contributed by atoms with E-state index in [0.29, 0.717) is 12.1 Å². The van der Waals surface area contributed by atoms with E-state index in [9.17, 15) is 13.2 Å². The Morgan fingerprint density at radius 3 is 2.33 bits per heavy atom. The maximum Gasteiger partial charge on any atom is 0.264 e. The van der Waals surface area contributed by atoms with Crippen molar-refractivity contribution in [1.82, 2.24) is 5.32 Å². The fourth-order valence-corrected chi connectivity index (χ4v) is 6.41. The first-order valence-electron chi connectivity index (χ1n) is 12.4. The molecule has 36 heavy (non-hydrogen) atoms. The van der Waals surface area contributed by atoms with Crippen LogP contribution in [0.1, 0.15) is 55.8 Å². The van der Waals surface area contributed by atoms with E-state index in [4.69, 9.17) is 4.74 Å². The zero-order valence-electron chi connectivity index (χ0n) is 21.3. The number of hydrogen-bond donors (Lipinski definition) is 1. The van der Waals surface area contributed by atoms with Gasteiger partial charge in [-0.15, -0.1) is 0 Å². The number of carbonyl (C=O) groups is 1. The summed E-state index contributed by atoms with van der Waals surface area (Å²) >= 11 is 0. The Morgan fingerprint density at radius 1 is 1.00 bits per heavy atom. The summed E-state index contributed by atoms with van der Waals surface area (Å²) in [4.78, 5) is 13.6. The topological polar surface area (TPSA) is 75.7 Å². The molecule has 4 rings (SSSR count). The summed E-state index contributed by atoms with van der Waals surface area (Å²) in [6.07, 6.45) is 2.24. The second-order valence-electron chi connectivity index (χ2n) is 9.47. The monoisotopic (exact) mass is 506 g/mol. The van der Waals surface area contributed by atoms with Gasteiger partial charge >= 0.3 is 0 Å². The minimum Gasteiger partial charge on any atom is -0.487 e. The number of anilines is 1. The molecule has 190 valence electrons. The van der Waals surface area contributed by atoms with E-state index in [1.54, 1.807) is 36.4 Å². The third-order valence-corrected chi connectivity index (χ3v) is 8.83. The third-order valence-electron chi connectivity index (χ3n) is 7.06. The molecule has 0 saturated heterocycles. The van der Waals surface area contributed by atoms with Crippen molar-refractivity contribution < 1.29 is 17.9 Å². The smallest absolute Gasteiger partial charge is 0.264 e. The number of amides is 1. The van der Waals surface area contributed by atoms with Crippen LogP contribution in [0.2, 0.25) is 0 Å². The van der Waals surface area contributed by atoms with Gasteiger partial charge in [-0.05, 0) is 56.5 Å². The van der Waals surface area contributed by atoms with Crippen LogP contribution in [0.25, 0.3) is 0 Å². The molecular formula is C29H34N2O4S. The second-order valence-corrected chi connectivity index (χ2v) is 11.3. The Balaban J connectivity index is 1.67. The number of ether oxygens (including phenoxy) is 1. The van der Waals surface area contributed by atoms with Crippen LogP contribution >= 0.6 is 0 Å². The van der Waals surface area contributed by atoms with Crippen molar-refractivity contribution >= 4 is 21.6 Å². The lowest BCUT2D eigenvalue weighted by Gasteiger charge is -2.41. The van der Waals surface area contributed by atoms with Crippen LogP contribution in [0.4, 0.5) is 5.69 Å². The Labute approximate surface area is 214 Å². The first-order chi connectivity index (χ1) is 17.2. The molecule has 1 N–H and O–H groups in total. The first-order valence-corrected chi connectivity index (χ1v) is 13.9. The number of hydrogen-bond acceptors (Lipinski definition) is 4. The van der Waals surface area contributed by atoms with Gasteiger partial charge in [-0.3, -0.25) is 9.10 Å². The van der Waals surface area contributed by atoms with E-state index >= 15 is 0 Å². The predicted octanol–water partition coefficient (Wildman–Crippen LogP) is 5.70. The van der Waals surface area contributed by atoms with Gasteiger partial charge in [0.15, 0.2) is 0 Å². The van der Waals surface area contributed by atoms with Gasteiger partial charge in [-0.2, -0.15) is 0 Å². The molecule has 1 atom stereocenters. The van der Waals surface area contributed by atoms with Crippen molar-refractivity contribution in [3.05, 3.63) is 89.5 Å². The number of aryl methyl sites for hydroxylation is 2. The lowest BCUT2D eigenvalue weighted by Crippen LogP contribution is -2.47. The molecule has 0 saturated carbocycles. The molecule has 6 nitrogen and oxygen atoms in total. The van der Waals surface area contributed by atoms with Crippen LogP contribution in [0.15, 0.2) is 77.7 Å². The van der Waals surface area contributed by atoms with Gasteiger partial charge in [0.2, 0.25) is 5.91 Å². The van der Waals surface area contributed by atoms with E-state index in [-0.39, 0.29) is 29.0 Å². The Bertz CT molecular complexity index is 1330. The number of sulfonamides is 1. The zero-order valence-corrected chi connectivity index (χ0v) is 22.1. The molecule has 0 bridgehead atoms. The molecule has 0 aromatic heterocycles. The van der Waals surface area contributed by atoms with Crippen LogP contribution in [0.5, 0.6) is 5.75 Å². The van der Waals surface area contributed by atoms with Crippen molar-refractivity contribution in [1.29, 1.82) is 0 Å². The van der Waals surface area contributed by atoms with Gasteiger partial charge in [0.25, 0.3) is 10.0 Å². The van der Waals surface area contributed by atoms with Crippen LogP contribution in [-0.4, -0.2) is 26.5 Å². The average Bonchev–Trinajstić information content (AvgIpc) is 2.88. The van der Waals surface area contributed by atoms with Gasteiger partial charge in [0.1, 0.15) is 17.9 Å². The van der Waals surface area contributed by atoms with Gasteiger partial charge in [-0.1, -0.05) is 67.9 Å². The molecule has 0 aliphatic carbocycles. The molecular weight excluding hydrogens is 472 g/mol. The number of benzene rings is 3. The highest BCUT2D eigenvalue weighted by Gasteiger charge is 2.39. The lowest BCUT2D eigenvalue weighted by atomic mass is 9.83. The van der Waals surface area contributed by atoms with Crippen molar-refractivity contribution in [3.63, 3.8) is 0 Å². The van der Waals surface area contributed by atoms with E-state index in [0.717, 1.165) is 35.3 Å². The Hall–Kier alpha value is -3.32. The molecule has 0 fully saturated rings. The number of fused-ring (bicyclic) bond motifs is 1. The van der Waals surface area contributed by atoms with E-state index in [1.807, 2.05) is 50.2 Å². The molecule has 1 aliphatic heterocycles. The number of para-hydroxylation sites is 1. The van der Waals surface area contributed by atoms with Crippen molar-refractivity contribution in [3.8, 4) is 5.75 Å². The third kappa shape index (κ3) is 5.12.